The summed E-state index contributed by atoms with van der Waals surface area (Å²) in [5, 5.41) is 2.39. The van der Waals surface area contributed by atoms with Crippen molar-refractivity contribution in [3.8, 4) is 0 Å². The van der Waals surface area contributed by atoms with Crippen LogP contribution in [0, 0.1) is 0 Å². The predicted molar refractivity (Wildman–Crippen MR) is 153 cm³/mol. The highest BCUT2D eigenvalue weighted by Gasteiger charge is 2.65. The van der Waals surface area contributed by atoms with Crippen LogP contribution in [0.25, 0.3) is 0 Å². The van der Waals surface area contributed by atoms with Gasteiger partial charge in [-0.15, -0.1) is 11.8 Å². The van der Waals surface area contributed by atoms with Crippen LogP contribution in [-0.2, 0) is 23.9 Å². The molecule has 0 bridgehead atoms. The quantitative estimate of drug-likeness (QED) is 0.232. The first-order valence-corrected chi connectivity index (χ1v) is 15.0. The Morgan fingerprint density at radius 1 is 1.08 bits per heavy atom. The first-order chi connectivity index (χ1) is 17.6. The lowest BCUT2D eigenvalue weighted by molar-refractivity contribution is -0.164. The Kier molecular flexibility index (Phi) is 10.6. The second kappa shape index (κ2) is 12.5. The molecule has 0 saturated carbocycles. The number of halogens is 7. The summed E-state index contributed by atoms with van der Waals surface area (Å²) < 4.78 is 5.73. The molecule has 2 saturated heterocycles. The van der Waals surface area contributed by atoms with Crippen LogP contribution in [-0.4, -0.2) is 83.7 Å². The molecular weight excluding hydrogens is 715 g/mol. The number of thioether (sulfide) groups is 1. The largest absolute Gasteiger partial charge is 0.460 e. The molecule has 2 heterocycles. The number of amides is 3. The Morgan fingerprint density at radius 3 is 2.21 bits per heavy atom. The number of carbonyl (C=O) groups is 4. The van der Waals surface area contributed by atoms with E-state index in [-0.39, 0.29) is 0 Å². The number of hydrogen-bond donors (Lipinski definition) is 1. The third kappa shape index (κ3) is 7.81. The maximum absolute atomic E-state index is 13.0. The monoisotopic (exact) mass is 731 g/mol. The van der Waals surface area contributed by atoms with Gasteiger partial charge in [0.05, 0.1) is 4.75 Å². The molecule has 9 nitrogen and oxygen atoms in total. The Hall–Kier alpha value is -0.530. The third-order valence-electron chi connectivity index (χ3n) is 5.46. The lowest BCUT2D eigenvalue weighted by Crippen LogP contribution is -2.71. The number of esters is 1. The van der Waals surface area contributed by atoms with Gasteiger partial charge >= 0.3 is 12.1 Å². The minimum Gasteiger partial charge on any atom is -0.460 e. The van der Waals surface area contributed by atoms with Crippen molar-refractivity contribution >= 4 is 127 Å². The molecule has 2 aliphatic rings. The second-order valence-corrected chi connectivity index (χ2v) is 15.7. The fraction of sp³-hybridized carbons (Fsp3) is 0.524. The minimum absolute atomic E-state index is 0.329. The number of nitrogens with zero attached hydrogens (tertiary/aromatic N) is 2. The number of benzene rings is 1. The summed E-state index contributed by atoms with van der Waals surface area (Å²) in [4.78, 5) is 53.9. The van der Waals surface area contributed by atoms with Gasteiger partial charge in [0, 0.05) is 11.0 Å². The Morgan fingerprint density at radius 2 is 1.66 bits per heavy atom. The first kappa shape index (κ1) is 32.0. The normalized spacial score (nSPS) is 24.8. The van der Waals surface area contributed by atoms with Crippen LogP contribution in [0.5, 0.6) is 0 Å². The standard InChI is InChI=1S/C21H20BrCl6N3O6S/c1-19(8-22)14(17(34)36-9-20(23,24)25)31-15(33)13(16(31)38-19)29-12(32)7-30(11-5-3-2-4-6-11)18(35)37-10-21(26,27)28/h2-6,13-14,16H,7-10H2,1H3,(H,29,32)/t13?,14?,16-,19?/m1/s1. The summed E-state index contributed by atoms with van der Waals surface area (Å²) in [5.74, 6) is -1.89. The number of para-hydroxylation sites is 1. The Bertz CT molecular complexity index is 1080. The first-order valence-electron chi connectivity index (χ1n) is 10.7. The zero-order chi connectivity index (χ0) is 28.5. The molecule has 4 atom stereocenters. The van der Waals surface area contributed by atoms with Crippen molar-refractivity contribution in [1.82, 2.24) is 10.2 Å². The summed E-state index contributed by atoms with van der Waals surface area (Å²) in [7, 11) is 0. The average molecular weight is 735 g/mol. The summed E-state index contributed by atoms with van der Waals surface area (Å²) in [6.45, 7) is 0.244. The molecule has 3 amide bonds. The highest BCUT2D eigenvalue weighted by molar-refractivity contribution is 9.09. The number of nitrogens with one attached hydrogen (secondary N) is 1. The van der Waals surface area contributed by atoms with Crippen molar-refractivity contribution in [2.24, 2.45) is 0 Å². The summed E-state index contributed by atoms with van der Waals surface area (Å²) in [5.41, 5.74) is 0.345. The molecule has 17 heteroatoms. The van der Waals surface area contributed by atoms with Gasteiger partial charge in [-0.1, -0.05) is 104 Å². The van der Waals surface area contributed by atoms with Crippen LogP contribution in [0.1, 0.15) is 6.92 Å². The topological polar surface area (TPSA) is 105 Å². The van der Waals surface area contributed by atoms with Crippen molar-refractivity contribution in [3.05, 3.63) is 30.3 Å². The highest BCUT2D eigenvalue weighted by atomic mass is 79.9. The smallest absolute Gasteiger partial charge is 0.414 e. The number of anilines is 1. The molecule has 1 aromatic carbocycles. The van der Waals surface area contributed by atoms with Gasteiger partial charge in [-0.05, 0) is 19.1 Å². The van der Waals surface area contributed by atoms with E-state index >= 15 is 0 Å². The number of fused-ring (bicyclic) bond motifs is 1. The van der Waals surface area contributed by atoms with Crippen LogP contribution in [0.4, 0.5) is 10.5 Å². The van der Waals surface area contributed by atoms with E-state index in [9.17, 15) is 19.2 Å². The fourth-order valence-corrected chi connectivity index (χ4v) is 6.45. The second-order valence-electron chi connectivity index (χ2n) is 8.46. The number of carbonyl (C=O) groups excluding carboxylic acids is 4. The molecule has 210 valence electrons. The van der Waals surface area contributed by atoms with Crippen LogP contribution >= 0.6 is 97.3 Å². The average Bonchev–Trinajstić information content (AvgIpc) is 3.12. The van der Waals surface area contributed by atoms with Crippen molar-refractivity contribution in [1.29, 1.82) is 0 Å². The van der Waals surface area contributed by atoms with Gasteiger partial charge in [-0.3, -0.25) is 14.5 Å². The number of rotatable bonds is 8. The van der Waals surface area contributed by atoms with Gasteiger partial charge in [-0.25, -0.2) is 9.59 Å². The zero-order valence-electron chi connectivity index (χ0n) is 19.3. The number of β-lactam (4-membered cyclic amide) rings is 1. The van der Waals surface area contributed by atoms with E-state index in [0.29, 0.717) is 11.0 Å². The Balaban J connectivity index is 1.70. The summed E-state index contributed by atoms with van der Waals surface area (Å²) >= 11 is 38.7. The van der Waals surface area contributed by atoms with Crippen LogP contribution in [0.15, 0.2) is 30.3 Å². The lowest BCUT2D eigenvalue weighted by atomic mass is 9.96. The molecule has 3 rings (SSSR count). The van der Waals surface area contributed by atoms with E-state index in [4.69, 9.17) is 79.1 Å². The van der Waals surface area contributed by atoms with Gasteiger partial charge in [0.1, 0.15) is 37.2 Å². The number of hydrogen-bond acceptors (Lipinski definition) is 7. The summed E-state index contributed by atoms with van der Waals surface area (Å²) in [6, 6.07) is 6.28. The molecule has 1 aromatic rings. The van der Waals surface area contributed by atoms with Crippen LogP contribution < -0.4 is 10.2 Å². The molecule has 38 heavy (non-hydrogen) atoms. The maximum atomic E-state index is 13.0. The zero-order valence-corrected chi connectivity index (χ0v) is 26.3. The molecule has 1 N–H and O–H groups in total. The minimum atomic E-state index is -1.85. The van der Waals surface area contributed by atoms with Gasteiger partial charge in [-0.2, -0.15) is 0 Å². The molecule has 0 radical (unpaired) electrons. The molecule has 3 unspecified atom stereocenters. The van der Waals surface area contributed by atoms with Gasteiger partial charge < -0.3 is 19.7 Å². The summed E-state index contributed by atoms with van der Waals surface area (Å²) in [6.07, 6.45) is -0.932. The van der Waals surface area contributed by atoms with Crippen LogP contribution in [0.2, 0.25) is 0 Å². The van der Waals surface area contributed by atoms with Gasteiger partial charge in [0.15, 0.2) is 0 Å². The van der Waals surface area contributed by atoms with E-state index in [0.717, 1.165) is 4.90 Å². The molecule has 0 spiro atoms. The number of ether oxygens (including phenoxy) is 2. The third-order valence-corrected chi connectivity index (χ3v) is 9.30. The Labute approximate surface area is 261 Å². The van der Waals surface area contributed by atoms with Crippen molar-refractivity contribution in [3.63, 3.8) is 0 Å². The van der Waals surface area contributed by atoms with E-state index in [1.165, 1.54) is 16.7 Å². The highest BCUT2D eigenvalue weighted by Crippen LogP contribution is 2.52. The molecular formula is C21H20BrCl6N3O6S. The van der Waals surface area contributed by atoms with E-state index in [1.807, 2.05) is 0 Å². The van der Waals surface area contributed by atoms with E-state index in [2.05, 4.69) is 21.2 Å². The van der Waals surface area contributed by atoms with Gasteiger partial charge in [0.25, 0.3) is 0 Å². The number of alkyl halides is 7. The molecule has 2 fully saturated rings. The van der Waals surface area contributed by atoms with E-state index < -0.39 is 73.4 Å². The maximum Gasteiger partial charge on any atom is 0.414 e. The molecule has 0 aliphatic carbocycles. The van der Waals surface area contributed by atoms with Crippen molar-refractivity contribution < 1.29 is 28.7 Å². The molecule has 2 aliphatic heterocycles. The van der Waals surface area contributed by atoms with Crippen LogP contribution in [0.3, 0.4) is 0 Å². The van der Waals surface area contributed by atoms with Crippen molar-refractivity contribution in [2.45, 2.75) is 36.7 Å². The lowest BCUT2D eigenvalue weighted by Gasteiger charge is -2.44. The van der Waals surface area contributed by atoms with Gasteiger partial charge in [0.2, 0.25) is 19.4 Å². The van der Waals surface area contributed by atoms with E-state index in [1.54, 1.807) is 37.3 Å². The SMILES string of the molecule is CC1(CBr)S[C@@H]2C(NC(=O)CN(C(=O)OCC(Cl)(Cl)Cl)c3ccccc3)C(=O)N2C1C(=O)OCC(Cl)(Cl)Cl. The van der Waals surface area contributed by atoms with Crippen molar-refractivity contribution in [2.75, 3.05) is 30.0 Å². The molecule has 0 aromatic heterocycles. The predicted octanol–water partition coefficient (Wildman–Crippen LogP) is 4.84. The fourth-order valence-electron chi connectivity index (χ4n) is 3.81.